The monoisotopic (exact) mass is 473 g/mol. The van der Waals surface area contributed by atoms with Gasteiger partial charge in [-0.15, -0.1) is 0 Å². The maximum Gasteiger partial charge on any atom is 0.253 e. The molecule has 0 radical (unpaired) electrons. The second kappa shape index (κ2) is 14.1. The van der Waals surface area contributed by atoms with Crippen molar-refractivity contribution in [1.29, 1.82) is 0 Å². The third kappa shape index (κ3) is 8.75. The Hall–Kier alpha value is -2.41. The van der Waals surface area contributed by atoms with E-state index in [2.05, 4.69) is 24.5 Å². The van der Waals surface area contributed by atoms with Crippen LogP contribution in [0.1, 0.15) is 92.9 Å². The van der Waals surface area contributed by atoms with Crippen LogP contribution >= 0.6 is 0 Å². The molecule has 4 atom stereocenters. The summed E-state index contributed by atoms with van der Waals surface area (Å²) in [4.78, 5) is 40.0. The van der Waals surface area contributed by atoms with Gasteiger partial charge in [-0.3, -0.25) is 14.4 Å². The first-order chi connectivity index (χ1) is 16.2. The Morgan fingerprint density at radius 2 is 1.97 bits per heavy atom. The van der Waals surface area contributed by atoms with Gasteiger partial charge in [0.2, 0.25) is 5.91 Å². The van der Waals surface area contributed by atoms with Crippen LogP contribution in [-0.4, -0.2) is 60.0 Å². The van der Waals surface area contributed by atoms with E-state index in [4.69, 9.17) is 0 Å². The zero-order chi connectivity index (χ0) is 25.1. The van der Waals surface area contributed by atoms with Gasteiger partial charge in [-0.05, 0) is 49.8 Å². The molecule has 3 N–H and O–H groups in total. The van der Waals surface area contributed by atoms with Crippen molar-refractivity contribution in [3.05, 3.63) is 35.4 Å². The lowest BCUT2D eigenvalue weighted by molar-refractivity contribution is -0.125. The third-order valence-corrected chi connectivity index (χ3v) is 6.72. The molecule has 1 heterocycles. The fraction of sp³-hybridized carbons (Fsp3) is 0.667. The van der Waals surface area contributed by atoms with Crippen LogP contribution in [-0.2, 0) is 4.79 Å². The summed E-state index contributed by atoms with van der Waals surface area (Å²) in [6.45, 7) is 7.34. The van der Waals surface area contributed by atoms with Crippen molar-refractivity contribution < 1.29 is 19.5 Å². The number of unbranched alkanes of at least 4 members (excludes halogenated alkanes) is 1. The summed E-state index contributed by atoms with van der Waals surface area (Å²) < 4.78 is 0. The number of amides is 3. The third-order valence-electron chi connectivity index (χ3n) is 6.72. The van der Waals surface area contributed by atoms with Gasteiger partial charge < -0.3 is 20.6 Å². The number of hydrogen-bond acceptors (Lipinski definition) is 4. The summed E-state index contributed by atoms with van der Waals surface area (Å²) in [6, 6.07) is 6.26. The summed E-state index contributed by atoms with van der Waals surface area (Å²) in [6.07, 6.45) is 5.97. The smallest absolute Gasteiger partial charge is 0.253 e. The van der Waals surface area contributed by atoms with E-state index >= 15 is 0 Å². The molecule has 34 heavy (non-hydrogen) atoms. The first-order valence-corrected chi connectivity index (χ1v) is 12.8. The van der Waals surface area contributed by atoms with Gasteiger partial charge in [-0.25, -0.2) is 0 Å². The molecule has 7 heteroatoms. The number of benzene rings is 1. The molecule has 190 valence electrons. The van der Waals surface area contributed by atoms with E-state index in [-0.39, 0.29) is 30.1 Å². The number of nitrogens with one attached hydrogen (secondary N) is 2. The minimum absolute atomic E-state index is 0.0700. The van der Waals surface area contributed by atoms with Crippen molar-refractivity contribution in [2.75, 3.05) is 20.1 Å². The average molecular weight is 474 g/mol. The molecule has 3 amide bonds. The van der Waals surface area contributed by atoms with Crippen molar-refractivity contribution >= 4 is 17.7 Å². The van der Waals surface area contributed by atoms with E-state index in [0.717, 1.165) is 38.5 Å². The van der Waals surface area contributed by atoms with Gasteiger partial charge in [-0.1, -0.05) is 52.5 Å². The zero-order valence-corrected chi connectivity index (χ0v) is 21.3. The minimum atomic E-state index is -0.843. The van der Waals surface area contributed by atoms with Gasteiger partial charge in [-0.2, -0.15) is 0 Å². The molecule has 7 nitrogen and oxygen atoms in total. The summed E-state index contributed by atoms with van der Waals surface area (Å²) in [5.74, 6) is -0.531. The maximum atomic E-state index is 13.1. The van der Waals surface area contributed by atoms with Gasteiger partial charge in [0.1, 0.15) is 0 Å². The highest BCUT2D eigenvalue weighted by Gasteiger charge is 2.28. The number of aliphatic hydroxyl groups excluding tert-OH is 1. The highest BCUT2D eigenvalue weighted by Crippen LogP contribution is 2.21. The molecule has 0 aliphatic carbocycles. The van der Waals surface area contributed by atoms with Crippen LogP contribution in [0.4, 0.5) is 0 Å². The first-order valence-electron chi connectivity index (χ1n) is 12.8. The van der Waals surface area contributed by atoms with Crippen LogP contribution < -0.4 is 10.6 Å². The molecule has 1 aromatic carbocycles. The Morgan fingerprint density at radius 1 is 1.24 bits per heavy atom. The van der Waals surface area contributed by atoms with Crippen LogP contribution in [0.25, 0.3) is 0 Å². The Labute approximate surface area is 204 Å². The van der Waals surface area contributed by atoms with Crippen LogP contribution in [0.3, 0.4) is 0 Å². The number of hydrogen-bond donors (Lipinski definition) is 3. The SMILES string of the molecule is CCCCNC(=O)C(C)CC(O)C1C[C@H](C)CCCCCN(C)C(=O)c2cccc(c2)C(=O)N1. The maximum absolute atomic E-state index is 13.1. The molecule has 0 fully saturated rings. The highest BCUT2D eigenvalue weighted by molar-refractivity contribution is 5.99. The number of carbonyl (C=O) groups is 3. The van der Waals surface area contributed by atoms with Crippen molar-refractivity contribution in [2.24, 2.45) is 11.8 Å². The second-order valence-corrected chi connectivity index (χ2v) is 9.93. The van der Waals surface area contributed by atoms with E-state index < -0.39 is 12.1 Å². The van der Waals surface area contributed by atoms with Gasteiger partial charge in [0.25, 0.3) is 11.8 Å². The number of rotatable bonds is 7. The molecule has 3 unspecified atom stereocenters. The predicted octanol–water partition coefficient (Wildman–Crippen LogP) is 3.76. The quantitative estimate of drug-likeness (QED) is 0.525. The van der Waals surface area contributed by atoms with Crippen LogP contribution in [0.15, 0.2) is 24.3 Å². The van der Waals surface area contributed by atoms with E-state index in [9.17, 15) is 19.5 Å². The summed E-state index contributed by atoms with van der Waals surface area (Å²) >= 11 is 0. The first kappa shape index (κ1) is 27.8. The number of fused-ring (bicyclic) bond motifs is 2. The van der Waals surface area contributed by atoms with Gasteiger partial charge in [0.15, 0.2) is 0 Å². The molecular weight excluding hydrogens is 430 g/mol. The number of carbonyl (C=O) groups excluding carboxylic acids is 3. The lowest BCUT2D eigenvalue weighted by atomic mass is 9.89. The van der Waals surface area contributed by atoms with E-state index in [1.54, 1.807) is 36.2 Å². The standard InChI is InChI=1S/C27H43N3O4/c1-5-6-14-28-25(32)20(3)17-24(31)23-16-19(2)11-8-7-9-15-30(4)27(34)22-13-10-12-21(18-22)26(33)29-23/h10,12-13,18-20,23-24,31H,5-9,11,14-17H2,1-4H3,(H,28,32)(H,29,33)/t19-,20?,23?,24?/m1/s1. The van der Waals surface area contributed by atoms with Crippen molar-refractivity contribution in [3.8, 4) is 0 Å². The normalized spacial score (nSPS) is 22.2. The molecule has 0 saturated carbocycles. The van der Waals surface area contributed by atoms with Crippen LogP contribution in [0, 0.1) is 11.8 Å². The number of nitrogens with zero attached hydrogens (tertiary/aromatic N) is 1. The largest absolute Gasteiger partial charge is 0.391 e. The fourth-order valence-electron chi connectivity index (χ4n) is 4.45. The summed E-state index contributed by atoms with van der Waals surface area (Å²) in [7, 11) is 1.79. The van der Waals surface area contributed by atoms with E-state index in [1.807, 2.05) is 6.92 Å². The van der Waals surface area contributed by atoms with E-state index in [0.29, 0.717) is 36.6 Å². The molecule has 1 aromatic rings. The summed E-state index contributed by atoms with van der Waals surface area (Å²) in [5, 5.41) is 17.0. The molecule has 0 saturated heterocycles. The topological polar surface area (TPSA) is 98.7 Å². The average Bonchev–Trinajstić information content (AvgIpc) is 2.82. The Balaban J connectivity index is 2.17. The van der Waals surface area contributed by atoms with Crippen molar-refractivity contribution in [3.63, 3.8) is 0 Å². The van der Waals surface area contributed by atoms with Crippen LogP contribution in [0.5, 0.6) is 0 Å². The number of aliphatic hydroxyl groups is 1. The van der Waals surface area contributed by atoms with Crippen LogP contribution in [0.2, 0.25) is 0 Å². The molecular formula is C27H43N3O4. The van der Waals surface area contributed by atoms with Gasteiger partial charge in [0, 0.05) is 37.2 Å². The second-order valence-electron chi connectivity index (χ2n) is 9.93. The Morgan fingerprint density at radius 3 is 2.71 bits per heavy atom. The molecule has 0 aromatic heterocycles. The summed E-state index contributed by atoms with van der Waals surface area (Å²) in [5.41, 5.74) is 0.872. The molecule has 0 spiro atoms. The van der Waals surface area contributed by atoms with Gasteiger partial charge >= 0.3 is 0 Å². The highest BCUT2D eigenvalue weighted by atomic mass is 16.3. The predicted molar refractivity (Wildman–Crippen MR) is 135 cm³/mol. The van der Waals surface area contributed by atoms with Crippen molar-refractivity contribution in [2.45, 2.75) is 84.3 Å². The van der Waals surface area contributed by atoms with Gasteiger partial charge in [0.05, 0.1) is 12.1 Å². The lowest BCUT2D eigenvalue weighted by Gasteiger charge is -2.28. The Kier molecular flexibility index (Phi) is 11.5. The Bertz CT molecular complexity index is 813. The van der Waals surface area contributed by atoms with Crippen molar-refractivity contribution in [1.82, 2.24) is 15.5 Å². The zero-order valence-electron chi connectivity index (χ0n) is 21.3. The lowest BCUT2D eigenvalue weighted by Crippen LogP contribution is -2.46. The molecule has 2 bridgehead atoms. The van der Waals surface area contributed by atoms with E-state index in [1.165, 1.54) is 0 Å². The minimum Gasteiger partial charge on any atom is -0.391 e. The fourth-order valence-corrected chi connectivity index (χ4v) is 4.45. The molecule has 1 aliphatic heterocycles. The molecule has 1 aliphatic rings. The molecule has 2 rings (SSSR count).